The van der Waals surface area contributed by atoms with E-state index >= 15 is 0 Å². The van der Waals surface area contributed by atoms with Crippen LogP contribution in [-0.4, -0.2) is 38.4 Å². The summed E-state index contributed by atoms with van der Waals surface area (Å²) in [7, 11) is 0. The van der Waals surface area contributed by atoms with Crippen LogP contribution in [0, 0.1) is 0 Å². The van der Waals surface area contributed by atoms with E-state index in [1.165, 1.54) is 0 Å². The van der Waals surface area contributed by atoms with Crippen LogP contribution >= 0.6 is 0 Å². The van der Waals surface area contributed by atoms with E-state index in [1.54, 1.807) is 0 Å². The molecule has 0 spiro atoms. The van der Waals surface area contributed by atoms with Gasteiger partial charge in [0.1, 0.15) is 0 Å². The first kappa shape index (κ1) is 15.9. The number of carbonyl (C=O) groups excluding carboxylic acids is 2. The summed E-state index contributed by atoms with van der Waals surface area (Å²) in [5.74, 6) is -0.527. The third kappa shape index (κ3) is 11.2. The molecule has 0 unspecified atom stereocenters. The molecule has 0 saturated heterocycles. The highest BCUT2D eigenvalue weighted by Gasteiger charge is 2.04. The van der Waals surface area contributed by atoms with Gasteiger partial charge in [-0.15, -0.1) is 0 Å². The van der Waals surface area contributed by atoms with Crippen molar-refractivity contribution in [3.63, 3.8) is 0 Å². The van der Waals surface area contributed by atoms with Crippen molar-refractivity contribution in [3.05, 3.63) is 0 Å². The lowest BCUT2D eigenvalue weighted by molar-refractivity contribution is -0.145. The van der Waals surface area contributed by atoms with Crippen molar-refractivity contribution in [3.8, 4) is 0 Å². The molecule has 0 aliphatic rings. The molecule has 0 saturated carbocycles. The van der Waals surface area contributed by atoms with Gasteiger partial charge in [0.25, 0.3) is 0 Å². The Morgan fingerprint density at radius 1 is 0.765 bits per heavy atom. The third-order valence-electron chi connectivity index (χ3n) is 1.84. The van der Waals surface area contributed by atoms with Crippen molar-refractivity contribution < 1.29 is 23.8 Å². The smallest absolute Gasteiger partial charge is 0.308 e. The van der Waals surface area contributed by atoms with Crippen molar-refractivity contribution in [2.45, 2.75) is 39.5 Å². The maximum Gasteiger partial charge on any atom is 0.308 e. The Kier molecular flexibility index (Phi) is 10.7. The zero-order valence-electron chi connectivity index (χ0n) is 10.7. The fourth-order valence-electron chi connectivity index (χ4n) is 0.989. The Hall–Kier alpha value is -1.10. The molecule has 0 aromatic carbocycles. The molecule has 0 N–H and O–H groups in total. The number of rotatable bonds is 10. The third-order valence-corrected chi connectivity index (χ3v) is 1.84. The van der Waals surface area contributed by atoms with E-state index in [2.05, 4.69) is 0 Å². The summed E-state index contributed by atoms with van der Waals surface area (Å²) in [5, 5.41) is 0. The van der Waals surface area contributed by atoms with Gasteiger partial charge in [-0.05, 0) is 12.8 Å². The van der Waals surface area contributed by atoms with Gasteiger partial charge in [-0.25, -0.2) is 0 Å². The number of ether oxygens (including phenoxy) is 3. The predicted molar refractivity (Wildman–Crippen MR) is 62.6 cm³/mol. The summed E-state index contributed by atoms with van der Waals surface area (Å²) in [6, 6.07) is 0. The van der Waals surface area contributed by atoms with E-state index in [9.17, 15) is 9.59 Å². The molecule has 0 bridgehead atoms. The van der Waals surface area contributed by atoms with Crippen LogP contribution in [0.2, 0.25) is 0 Å². The lowest BCUT2D eigenvalue weighted by Crippen LogP contribution is -2.12. The highest BCUT2D eigenvalue weighted by molar-refractivity contribution is 5.69. The maximum atomic E-state index is 11.0. The van der Waals surface area contributed by atoms with Crippen molar-refractivity contribution in [1.29, 1.82) is 0 Å². The Morgan fingerprint density at radius 3 is 1.53 bits per heavy atom. The summed E-state index contributed by atoms with van der Waals surface area (Å²) in [5.41, 5.74) is 0. The van der Waals surface area contributed by atoms with Crippen molar-refractivity contribution in [2.75, 3.05) is 26.4 Å². The van der Waals surface area contributed by atoms with Gasteiger partial charge < -0.3 is 14.2 Å². The highest BCUT2D eigenvalue weighted by Crippen LogP contribution is 1.93. The SMILES string of the molecule is CCCOC(=O)CCOCCC(=O)OCCC. The van der Waals surface area contributed by atoms with Gasteiger partial charge in [-0.3, -0.25) is 9.59 Å². The summed E-state index contributed by atoms with van der Waals surface area (Å²) in [4.78, 5) is 22.1. The average molecular weight is 246 g/mol. The van der Waals surface area contributed by atoms with Crippen molar-refractivity contribution in [2.24, 2.45) is 0 Å². The average Bonchev–Trinajstić information content (AvgIpc) is 2.33. The van der Waals surface area contributed by atoms with Crippen LogP contribution in [0.5, 0.6) is 0 Å². The quantitative estimate of drug-likeness (QED) is 0.433. The fraction of sp³-hybridized carbons (Fsp3) is 0.833. The number of hydrogen-bond acceptors (Lipinski definition) is 5. The second-order valence-electron chi connectivity index (χ2n) is 3.55. The lowest BCUT2D eigenvalue weighted by atomic mass is 10.4. The Labute approximate surface area is 102 Å². The number of hydrogen-bond donors (Lipinski definition) is 0. The van der Waals surface area contributed by atoms with Gasteiger partial charge in [-0.2, -0.15) is 0 Å². The topological polar surface area (TPSA) is 61.8 Å². The first-order valence-electron chi connectivity index (χ1n) is 6.09. The van der Waals surface area contributed by atoms with Crippen LogP contribution in [0.25, 0.3) is 0 Å². The molecule has 0 fully saturated rings. The number of carbonyl (C=O) groups is 2. The van der Waals surface area contributed by atoms with Gasteiger partial charge >= 0.3 is 11.9 Å². The molecule has 5 heteroatoms. The molecule has 17 heavy (non-hydrogen) atoms. The van der Waals surface area contributed by atoms with Crippen molar-refractivity contribution >= 4 is 11.9 Å². The summed E-state index contributed by atoms with van der Waals surface area (Å²) < 4.78 is 14.9. The summed E-state index contributed by atoms with van der Waals surface area (Å²) >= 11 is 0. The van der Waals surface area contributed by atoms with Crippen LogP contribution in [0.15, 0.2) is 0 Å². The van der Waals surface area contributed by atoms with Gasteiger partial charge in [0.15, 0.2) is 0 Å². The zero-order valence-corrected chi connectivity index (χ0v) is 10.7. The monoisotopic (exact) mass is 246 g/mol. The van der Waals surface area contributed by atoms with Crippen molar-refractivity contribution in [1.82, 2.24) is 0 Å². The highest BCUT2D eigenvalue weighted by atomic mass is 16.5. The first-order valence-corrected chi connectivity index (χ1v) is 6.09. The van der Waals surface area contributed by atoms with E-state index in [1.807, 2.05) is 13.8 Å². The Balaban J connectivity index is 3.28. The minimum atomic E-state index is -0.264. The van der Waals surface area contributed by atoms with E-state index in [-0.39, 0.29) is 38.0 Å². The van der Waals surface area contributed by atoms with E-state index in [4.69, 9.17) is 14.2 Å². The summed E-state index contributed by atoms with van der Waals surface area (Å²) in [6.45, 7) is 5.33. The van der Waals surface area contributed by atoms with Crippen LogP contribution in [-0.2, 0) is 23.8 Å². The Morgan fingerprint density at radius 2 is 1.18 bits per heavy atom. The predicted octanol–water partition coefficient (Wildman–Crippen LogP) is 1.69. The maximum absolute atomic E-state index is 11.0. The molecule has 0 aromatic rings. The van der Waals surface area contributed by atoms with Gasteiger partial charge in [0, 0.05) is 0 Å². The molecule has 0 aliphatic carbocycles. The Bertz CT molecular complexity index is 193. The van der Waals surface area contributed by atoms with Crippen LogP contribution in [0.3, 0.4) is 0 Å². The minimum absolute atomic E-state index is 0.226. The zero-order chi connectivity index (χ0) is 12.9. The van der Waals surface area contributed by atoms with Crippen LogP contribution in [0.1, 0.15) is 39.5 Å². The van der Waals surface area contributed by atoms with Crippen LogP contribution in [0.4, 0.5) is 0 Å². The van der Waals surface area contributed by atoms with Crippen LogP contribution < -0.4 is 0 Å². The molecular formula is C12H22O5. The molecule has 100 valence electrons. The second kappa shape index (κ2) is 11.4. The first-order chi connectivity index (χ1) is 8.20. The molecule has 0 rings (SSSR count). The molecule has 0 amide bonds. The van der Waals surface area contributed by atoms with E-state index < -0.39 is 0 Å². The minimum Gasteiger partial charge on any atom is -0.466 e. The molecule has 0 atom stereocenters. The fourth-order valence-corrected chi connectivity index (χ4v) is 0.989. The number of esters is 2. The molecule has 5 nitrogen and oxygen atoms in total. The summed E-state index contributed by atoms with van der Waals surface area (Å²) in [6.07, 6.45) is 2.08. The molecule has 0 aromatic heterocycles. The molecular weight excluding hydrogens is 224 g/mol. The lowest BCUT2D eigenvalue weighted by Gasteiger charge is -2.05. The van der Waals surface area contributed by atoms with E-state index in [0.717, 1.165) is 12.8 Å². The largest absolute Gasteiger partial charge is 0.466 e. The molecule has 0 radical (unpaired) electrons. The molecule has 0 aliphatic heterocycles. The van der Waals surface area contributed by atoms with E-state index in [0.29, 0.717) is 13.2 Å². The standard InChI is InChI=1S/C12H22O5/c1-3-7-16-11(13)5-9-15-10-6-12(14)17-8-4-2/h3-10H2,1-2H3. The molecule has 0 heterocycles. The second-order valence-corrected chi connectivity index (χ2v) is 3.55. The van der Waals surface area contributed by atoms with Gasteiger partial charge in [0.2, 0.25) is 0 Å². The van der Waals surface area contributed by atoms with Gasteiger partial charge in [-0.1, -0.05) is 13.8 Å². The van der Waals surface area contributed by atoms with Gasteiger partial charge in [0.05, 0.1) is 39.3 Å². The normalized spacial score (nSPS) is 10.0.